The Balaban J connectivity index is 1.48. The normalized spacial score (nSPS) is 13.0. The molecule has 0 saturated carbocycles. The molecule has 0 radical (unpaired) electrons. The number of hydrogen-bond acceptors (Lipinski definition) is 18. The van der Waals surface area contributed by atoms with Crippen molar-refractivity contribution >= 4 is 113 Å². The first-order valence-electron chi connectivity index (χ1n) is 13.8. The summed E-state index contributed by atoms with van der Waals surface area (Å²) in [5, 5.41) is 40.4. The number of phenolic OH excluding ortho intramolecular Hbond substituents is 1. The molecule has 19 nitrogen and oxygen atoms in total. The minimum atomic E-state index is -4.76. The summed E-state index contributed by atoms with van der Waals surface area (Å²) in [6.07, 6.45) is 0. The van der Waals surface area contributed by atoms with Crippen LogP contribution in [0, 0.1) is 6.92 Å². The number of aromatic hydroxyl groups is 1. The zero-order valence-electron chi connectivity index (χ0n) is 25.6. The largest absolute Gasteiger partial charge is 0.505 e. The molecule has 1 aromatic heterocycles. The van der Waals surface area contributed by atoms with Gasteiger partial charge >= 0.3 is 0 Å². The van der Waals surface area contributed by atoms with Crippen LogP contribution in [0.5, 0.6) is 5.75 Å². The first-order valence-corrected chi connectivity index (χ1v) is 19.7. The summed E-state index contributed by atoms with van der Waals surface area (Å²) in [6, 6.07) is 12.6. The lowest BCUT2D eigenvalue weighted by atomic mass is 10.1. The standard InChI is InChI=1S/C28H20N6O13S5/c1-12-2-5-21-26(27(12)52(43,44)45)48-28(30-21)34-32-19-6-7-20(17-10-14(50(37,38)39)3-4-15(17)19)31-33-24-22(49-47-46-36)8-13-9-23(51(40,41)42)18(29)11-16(13)25(24)35/h2-11,35-36H,29H2,1H3,(H,37,38,39)(H,40,41,42)(H,43,44,45). The second-order valence-corrected chi connectivity index (χ2v) is 16.5. The molecule has 5 aromatic carbocycles. The number of nitrogen functional groups attached to an aromatic ring is 1. The highest BCUT2D eigenvalue weighted by Gasteiger charge is 2.22. The van der Waals surface area contributed by atoms with Crippen LogP contribution in [-0.4, -0.2) is 54.3 Å². The van der Waals surface area contributed by atoms with Crippen LogP contribution in [0.25, 0.3) is 31.8 Å². The van der Waals surface area contributed by atoms with Gasteiger partial charge < -0.3 is 10.8 Å². The van der Waals surface area contributed by atoms with Gasteiger partial charge in [-0.15, -0.1) is 24.8 Å². The molecule has 24 heteroatoms. The number of phenols is 1. The lowest BCUT2D eigenvalue weighted by molar-refractivity contribution is -0.432. The molecule has 270 valence electrons. The van der Waals surface area contributed by atoms with Gasteiger partial charge in [0.05, 0.1) is 49.1 Å². The SMILES string of the molecule is Cc1ccc2nc(N=Nc3ccc(N=Nc4c(SOOO)cc5cc(S(=O)(=O)O)c(N)cc5c4O)c4cc(S(=O)(=O)O)ccc34)sc2c1S(=O)(=O)O. The maximum absolute atomic E-state index is 12.0. The maximum Gasteiger partial charge on any atom is 0.296 e. The Labute approximate surface area is 300 Å². The van der Waals surface area contributed by atoms with Gasteiger partial charge in [-0.3, -0.25) is 13.7 Å². The monoisotopic (exact) mass is 808 g/mol. The van der Waals surface area contributed by atoms with E-state index in [1.165, 1.54) is 37.3 Å². The summed E-state index contributed by atoms with van der Waals surface area (Å²) >= 11 is 1.18. The van der Waals surface area contributed by atoms with Crippen molar-refractivity contribution < 1.29 is 58.6 Å². The average molecular weight is 809 g/mol. The third-order valence-electron chi connectivity index (χ3n) is 7.31. The van der Waals surface area contributed by atoms with Crippen molar-refractivity contribution in [3.8, 4) is 5.75 Å². The van der Waals surface area contributed by atoms with E-state index in [4.69, 9.17) is 11.0 Å². The number of hydrogen-bond donors (Lipinski definition) is 6. The Bertz CT molecular complexity index is 2860. The molecule has 0 fully saturated rings. The topological polar surface area (TPSA) is 310 Å². The lowest BCUT2D eigenvalue weighted by Gasteiger charge is -2.11. The molecule has 0 amide bonds. The highest BCUT2D eigenvalue weighted by molar-refractivity contribution is 7.94. The molecule has 0 aliphatic heterocycles. The van der Waals surface area contributed by atoms with E-state index < -0.39 is 51.6 Å². The molecular formula is C28H20N6O13S5. The average Bonchev–Trinajstić information content (AvgIpc) is 3.47. The second-order valence-electron chi connectivity index (χ2n) is 10.6. The Morgan fingerprint density at radius 3 is 2.13 bits per heavy atom. The summed E-state index contributed by atoms with van der Waals surface area (Å²) in [5.41, 5.74) is 5.73. The quantitative estimate of drug-likeness (QED) is 0.0199. The molecule has 0 aliphatic rings. The number of nitrogens with two attached hydrogens (primary N) is 1. The van der Waals surface area contributed by atoms with E-state index in [1.807, 2.05) is 0 Å². The molecule has 52 heavy (non-hydrogen) atoms. The van der Waals surface area contributed by atoms with Crippen molar-refractivity contribution in [1.29, 1.82) is 0 Å². The van der Waals surface area contributed by atoms with Crippen LogP contribution in [0.15, 0.2) is 101 Å². The second kappa shape index (κ2) is 13.7. The van der Waals surface area contributed by atoms with Crippen LogP contribution < -0.4 is 5.73 Å². The summed E-state index contributed by atoms with van der Waals surface area (Å²) in [6.45, 7) is 1.51. The van der Waals surface area contributed by atoms with Crippen LogP contribution in [-0.2, 0) is 39.7 Å². The Morgan fingerprint density at radius 1 is 0.788 bits per heavy atom. The van der Waals surface area contributed by atoms with Gasteiger partial charge in [0.25, 0.3) is 30.4 Å². The van der Waals surface area contributed by atoms with Crippen LogP contribution in [0.1, 0.15) is 5.56 Å². The highest BCUT2D eigenvalue weighted by Crippen LogP contribution is 2.46. The first-order chi connectivity index (χ1) is 24.4. The number of benzene rings is 5. The van der Waals surface area contributed by atoms with Gasteiger partial charge in [-0.1, -0.05) is 28.5 Å². The fourth-order valence-corrected chi connectivity index (χ4v) is 8.84. The number of nitrogens with zero attached hydrogens (tertiary/aromatic N) is 5. The summed E-state index contributed by atoms with van der Waals surface area (Å²) in [7, 11) is -14.1. The van der Waals surface area contributed by atoms with Crippen molar-refractivity contribution in [2.24, 2.45) is 20.5 Å². The van der Waals surface area contributed by atoms with Gasteiger partial charge in [0.2, 0.25) is 5.13 Å². The van der Waals surface area contributed by atoms with E-state index in [0.717, 1.165) is 35.6 Å². The molecule has 0 bridgehead atoms. The zero-order valence-corrected chi connectivity index (χ0v) is 29.7. The number of aryl methyl sites for hydroxylation is 1. The lowest BCUT2D eigenvalue weighted by Crippen LogP contribution is -2.03. The number of thiazole rings is 1. The highest BCUT2D eigenvalue weighted by atomic mass is 32.2. The molecule has 7 N–H and O–H groups in total. The van der Waals surface area contributed by atoms with Crippen molar-refractivity contribution in [3.63, 3.8) is 0 Å². The molecule has 6 aromatic rings. The molecule has 0 atom stereocenters. The van der Waals surface area contributed by atoms with Gasteiger partial charge in [0, 0.05) is 16.2 Å². The molecule has 6 rings (SSSR count). The minimum Gasteiger partial charge on any atom is -0.505 e. The molecule has 0 aliphatic carbocycles. The molecule has 0 unspecified atom stereocenters. The van der Waals surface area contributed by atoms with Crippen molar-refractivity contribution in [1.82, 2.24) is 4.98 Å². The van der Waals surface area contributed by atoms with E-state index in [-0.39, 0.29) is 63.7 Å². The predicted octanol–water partition coefficient (Wildman–Crippen LogP) is 7.20. The van der Waals surface area contributed by atoms with E-state index in [2.05, 4.69) is 34.8 Å². The molecule has 1 heterocycles. The zero-order chi connectivity index (χ0) is 37.7. The molecular weight excluding hydrogens is 789 g/mol. The molecule has 0 spiro atoms. The maximum atomic E-state index is 12.0. The van der Waals surface area contributed by atoms with Gasteiger partial charge in [0.15, 0.2) is 5.75 Å². The number of anilines is 1. The smallest absolute Gasteiger partial charge is 0.296 e. The van der Waals surface area contributed by atoms with Gasteiger partial charge in [-0.2, -0.15) is 25.3 Å². The van der Waals surface area contributed by atoms with E-state index in [9.17, 15) is 44.0 Å². The fraction of sp³-hybridized carbons (Fsp3) is 0.0357. The van der Waals surface area contributed by atoms with Gasteiger partial charge in [-0.25, -0.2) is 10.2 Å². The Morgan fingerprint density at radius 2 is 1.48 bits per heavy atom. The van der Waals surface area contributed by atoms with Crippen LogP contribution in [0.4, 0.5) is 27.9 Å². The van der Waals surface area contributed by atoms with Crippen LogP contribution in [0.3, 0.4) is 0 Å². The van der Waals surface area contributed by atoms with Crippen LogP contribution >= 0.6 is 23.4 Å². The van der Waals surface area contributed by atoms with Crippen molar-refractivity contribution in [3.05, 3.63) is 66.2 Å². The predicted molar refractivity (Wildman–Crippen MR) is 187 cm³/mol. The van der Waals surface area contributed by atoms with Crippen molar-refractivity contribution in [2.75, 3.05) is 5.73 Å². The van der Waals surface area contributed by atoms with Gasteiger partial charge in [-0.05, 0) is 66.4 Å². The number of aromatic nitrogens is 1. The van der Waals surface area contributed by atoms with E-state index in [1.54, 1.807) is 6.07 Å². The third-order valence-corrected chi connectivity index (χ3v) is 11.8. The first kappa shape index (κ1) is 37.0. The summed E-state index contributed by atoms with van der Waals surface area (Å²) in [5.74, 6) is -0.601. The molecule has 0 saturated heterocycles. The fourth-order valence-electron chi connectivity index (χ4n) is 5.08. The third kappa shape index (κ3) is 7.30. The minimum absolute atomic E-state index is 0.0206. The Kier molecular flexibility index (Phi) is 9.74. The summed E-state index contributed by atoms with van der Waals surface area (Å²) in [4.78, 5) is 2.68. The van der Waals surface area contributed by atoms with E-state index >= 15 is 0 Å². The summed E-state index contributed by atoms with van der Waals surface area (Å²) < 4.78 is 105. The van der Waals surface area contributed by atoms with Crippen LogP contribution in [0.2, 0.25) is 0 Å². The number of rotatable bonds is 10. The number of fused-ring (bicyclic) bond motifs is 3. The Hall–Kier alpha value is -4.73. The van der Waals surface area contributed by atoms with Crippen molar-refractivity contribution in [2.45, 2.75) is 26.5 Å². The van der Waals surface area contributed by atoms with Gasteiger partial charge in [0.1, 0.15) is 15.5 Å². The number of azo groups is 2. The van der Waals surface area contributed by atoms with E-state index in [0.29, 0.717) is 17.6 Å².